The number of nitrogens with one attached hydrogen (secondary N) is 2. The molecule has 2 amide bonds. The third kappa shape index (κ3) is 4.27. The lowest BCUT2D eigenvalue weighted by Crippen LogP contribution is -2.30. The molecule has 2 rings (SSSR count). The minimum atomic E-state index is -0.944. The Morgan fingerprint density at radius 2 is 1.91 bits per heavy atom. The fourth-order valence-corrected chi connectivity index (χ4v) is 1.87. The van der Waals surface area contributed by atoms with Crippen molar-refractivity contribution in [2.45, 2.75) is 6.42 Å². The summed E-state index contributed by atoms with van der Waals surface area (Å²) in [5.41, 5.74) is 0.563. The highest BCUT2D eigenvalue weighted by atomic mass is 19.1. The summed E-state index contributed by atoms with van der Waals surface area (Å²) in [5.74, 6) is -0.944. The van der Waals surface area contributed by atoms with Crippen molar-refractivity contribution in [3.63, 3.8) is 0 Å². The van der Waals surface area contributed by atoms with Crippen LogP contribution in [0.4, 0.5) is 20.6 Å². The number of hydrogen-bond donors (Lipinski definition) is 2. The van der Waals surface area contributed by atoms with Crippen LogP contribution < -0.4 is 10.6 Å². The lowest BCUT2D eigenvalue weighted by molar-refractivity contribution is -0.387. The quantitative estimate of drug-likeness (QED) is 0.657. The van der Waals surface area contributed by atoms with E-state index in [1.165, 1.54) is 6.07 Å². The van der Waals surface area contributed by atoms with Gasteiger partial charge in [-0.3, -0.25) is 10.1 Å². The van der Waals surface area contributed by atoms with E-state index in [1.807, 2.05) is 30.3 Å². The topological polar surface area (TPSA) is 84.3 Å². The molecule has 0 aliphatic rings. The van der Waals surface area contributed by atoms with Gasteiger partial charge in [-0.25, -0.2) is 4.79 Å². The van der Waals surface area contributed by atoms with Crippen LogP contribution in [0.25, 0.3) is 0 Å². The van der Waals surface area contributed by atoms with E-state index in [-0.39, 0.29) is 5.69 Å². The minimum absolute atomic E-state index is 0.158. The molecule has 0 heterocycles. The third-order valence-corrected chi connectivity index (χ3v) is 2.94. The smallest absolute Gasteiger partial charge is 0.319 e. The van der Waals surface area contributed by atoms with Gasteiger partial charge in [0.2, 0.25) is 5.82 Å². The lowest BCUT2D eigenvalue weighted by atomic mass is 10.1. The first-order valence-corrected chi connectivity index (χ1v) is 6.59. The highest BCUT2D eigenvalue weighted by Crippen LogP contribution is 2.21. The molecule has 0 saturated heterocycles. The zero-order valence-corrected chi connectivity index (χ0v) is 11.6. The number of benzene rings is 2. The highest BCUT2D eigenvalue weighted by Gasteiger charge is 2.15. The molecule has 2 N–H and O–H groups in total. The number of nitro groups is 1. The molecule has 0 bridgehead atoms. The first-order valence-electron chi connectivity index (χ1n) is 6.59. The van der Waals surface area contributed by atoms with Crippen molar-refractivity contribution in [2.24, 2.45) is 0 Å². The normalized spacial score (nSPS) is 10.0. The number of nitrogens with zero attached hydrogens (tertiary/aromatic N) is 1. The predicted molar refractivity (Wildman–Crippen MR) is 80.2 cm³/mol. The number of halogens is 1. The maximum Gasteiger partial charge on any atom is 0.319 e. The van der Waals surface area contributed by atoms with Gasteiger partial charge in [-0.2, -0.15) is 4.39 Å². The Labute approximate surface area is 126 Å². The van der Waals surface area contributed by atoms with Crippen molar-refractivity contribution < 1.29 is 14.1 Å². The number of carbonyl (C=O) groups is 1. The van der Waals surface area contributed by atoms with Crippen LogP contribution in [0.2, 0.25) is 0 Å². The van der Waals surface area contributed by atoms with Crippen LogP contribution in [-0.4, -0.2) is 17.5 Å². The number of anilines is 1. The zero-order chi connectivity index (χ0) is 15.9. The fraction of sp³-hybridized carbons (Fsp3) is 0.133. The van der Waals surface area contributed by atoms with Gasteiger partial charge >= 0.3 is 11.7 Å². The van der Waals surface area contributed by atoms with Gasteiger partial charge in [0.15, 0.2) is 0 Å². The van der Waals surface area contributed by atoms with Crippen molar-refractivity contribution in [1.82, 2.24) is 5.32 Å². The Kier molecular flexibility index (Phi) is 5.02. The van der Waals surface area contributed by atoms with Gasteiger partial charge < -0.3 is 10.6 Å². The van der Waals surface area contributed by atoms with Gasteiger partial charge in [-0.15, -0.1) is 0 Å². The van der Waals surface area contributed by atoms with E-state index in [0.29, 0.717) is 13.0 Å². The van der Waals surface area contributed by atoms with Crippen LogP contribution in [0, 0.1) is 15.9 Å². The molecule has 2 aromatic rings. The largest absolute Gasteiger partial charge is 0.338 e. The highest BCUT2D eigenvalue weighted by molar-refractivity contribution is 5.89. The Morgan fingerprint density at radius 1 is 1.18 bits per heavy atom. The second-order valence-corrected chi connectivity index (χ2v) is 4.54. The Hall–Kier alpha value is -2.96. The van der Waals surface area contributed by atoms with Crippen LogP contribution in [0.3, 0.4) is 0 Å². The summed E-state index contributed by atoms with van der Waals surface area (Å²) in [5, 5.41) is 15.7. The summed E-state index contributed by atoms with van der Waals surface area (Å²) in [6.07, 6.45) is 0.665. The summed E-state index contributed by atoms with van der Waals surface area (Å²) < 4.78 is 13.2. The minimum Gasteiger partial charge on any atom is -0.338 e. The maximum atomic E-state index is 13.2. The van der Waals surface area contributed by atoms with Crippen molar-refractivity contribution in [1.29, 1.82) is 0 Å². The number of amides is 2. The average Bonchev–Trinajstić information content (AvgIpc) is 2.50. The molecule has 0 radical (unpaired) electrons. The average molecular weight is 303 g/mol. The molecule has 6 nitrogen and oxygen atoms in total. The van der Waals surface area contributed by atoms with Crippen molar-refractivity contribution >= 4 is 17.4 Å². The molecule has 0 unspecified atom stereocenters. The van der Waals surface area contributed by atoms with Gasteiger partial charge in [0.1, 0.15) is 0 Å². The molecule has 2 aromatic carbocycles. The molecule has 0 fully saturated rings. The van der Waals surface area contributed by atoms with E-state index in [2.05, 4.69) is 10.6 Å². The molecule has 22 heavy (non-hydrogen) atoms. The van der Waals surface area contributed by atoms with Crippen molar-refractivity contribution in [3.8, 4) is 0 Å². The molecule has 0 aliphatic heterocycles. The first-order chi connectivity index (χ1) is 10.6. The maximum absolute atomic E-state index is 13.2. The number of carbonyl (C=O) groups excluding carboxylic acids is 1. The number of nitro benzene ring substituents is 1. The summed E-state index contributed by atoms with van der Waals surface area (Å²) in [7, 11) is 0. The van der Waals surface area contributed by atoms with Crippen molar-refractivity contribution in [2.75, 3.05) is 11.9 Å². The van der Waals surface area contributed by atoms with E-state index in [0.717, 1.165) is 17.7 Å². The predicted octanol–water partition coefficient (Wildman–Crippen LogP) is 3.10. The second-order valence-electron chi connectivity index (χ2n) is 4.54. The summed E-state index contributed by atoms with van der Waals surface area (Å²) in [6.45, 7) is 0.416. The zero-order valence-electron chi connectivity index (χ0n) is 11.6. The molecule has 0 spiro atoms. The van der Waals surface area contributed by atoms with Crippen LogP contribution in [0.5, 0.6) is 0 Å². The van der Waals surface area contributed by atoms with E-state index < -0.39 is 22.5 Å². The monoisotopic (exact) mass is 303 g/mol. The standard InChI is InChI=1S/C15H14FN3O3/c16-13-7-6-12(10-14(13)19(21)22)18-15(20)17-9-8-11-4-2-1-3-5-11/h1-7,10H,8-9H2,(H2,17,18,20). The van der Waals surface area contributed by atoms with E-state index in [9.17, 15) is 19.3 Å². The fourth-order valence-electron chi connectivity index (χ4n) is 1.87. The summed E-state index contributed by atoms with van der Waals surface area (Å²) in [6, 6.07) is 12.3. The molecule has 0 saturated carbocycles. The second kappa shape index (κ2) is 7.16. The summed E-state index contributed by atoms with van der Waals surface area (Å²) in [4.78, 5) is 21.5. The van der Waals surface area contributed by atoms with Crippen LogP contribution in [0.1, 0.15) is 5.56 Å². The van der Waals surface area contributed by atoms with Crippen LogP contribution >= 0.6 is 0 Å². The Bertz CT molecular complexity index is 677. The Balaban J connectivity index is 1.87. The molecule has 114 valence electrons. The SMILES string of the molecule is O=C(NCCc1ccccc1)Nc1ccc(F)c([N+](=O)[O-])c1. The number of hydrogen-bond acceptors (Lipinski definition) is 3. The first kappa shape index (κ1) is 15.4. The number of urea groups is 1. The van der Waals surface area contributed by atoms with E-state index in [4.69, 9.17) is 0 Å². The Morgan fingerprint density at radius 3 is 2.59 bits per heavy atom. The number of rotatable bonds is 5. The van der Waals surface area contributed by atoms with Gasteiger partial charge in [0.05, 0.1) is 4.92 Å². The van der Waals surface area contributed by atoms with Crippen LogP contribution in [0.15, 0.2) is 48.5 Å². The molecule has 0 aromatic heterocycles. The lowest BCUT2D eigenvalue weighted by Gasteiger charge is -2.07. The van der Waals surface area contributed by atoms with Gasteiger partial charge in [0, 0.05) is 18.3 Å². The van der Waals surface area contributed by atoms with Gasteiger partial charge in [-0.1, -0.05) is 30.3 Å². The van der Waals surface area contributed by atoms with Crippen molar-refractivity contribution in [3.05, 3.63) is 70.0 Å². The van der Waals surface area contributed by atoms with Gasteiger partial charge in [0.25, 0.3) is 0 Å². The van der Waals surface area contributed by atoms with E-state index >= 15 is 0 Å². The molecule has 0 atom stereocenters. The molecule has 7 heteroatoms. The van der Waals surface area contributed by atoms with Crippen LogP contribution in [-0.2, 0) is 6.42 Å². The molecular weight excluding hydrogens is 289 g/mol. The third-order valence-electron chi connectivity index (χ3n) is 2.94. The van der Waals surface area contributed by atoms with Gasteiger partial charge in [-0.05, 0) is 24.1 Å². The van der Waals surface area contributed by atoms with E-state index in [1.54, 1.807) is 0 Å². The molecule has 0 aliphatic carbocycles. The summed E-state index contributed by atoms with van der Waals surface area (Å²) >= 11 is 0. The molecular formula is C15H14FN3O3.